The Labute approximate surface area is 190 Å². The summed E-state index contributed by atoms with van der Waals surface area (Å²) in [5.41, 5.74) is 3.32. The molecule has 33 heavy (non-hydrogen) atoms. The van der Waals surface area contributed by atoms with Crippen molar-refractivity contribution < 1.29 is 18.8 Å². The van der Waals surface area contributed by atoms with Gasteiger partial charge in [-0.3, -0.25) is 4.79 Å². The first-order chi connectivity index (χ1) is 16.0. The van der Waals surface area contributed by atoms with Crippen molar-refractivity contribution in [3.63, 3.8) is 0 Å². The van der Waals surface area contributed by atoms with E-state index in [1.165, 1.54) is 0 Å². The lowest BCUT2D eigenvalue weighted by atomic mass is 10.2. The second-order valence-corrected chi connectivity index (χ2v) is 7.91. The van der Waals surface area contributed by atoms with Gasteiger partial charge in [-0.2, -0.15) is 10.1 Å². The van der Waals surface area contributed by atoms with E-state index in [0.29, 0.717) is 46.1 Å². The first-order valence-corrected chi connectivity index (χ1v) is 10.6. The highest BCUT2D eigenvalue weighted by Gasteiger charge is 2.29. The van der Waals surface area contributed by atoms with E-state index in [2.05, 4.69) is 20.6 Å². The zero-order valence-electron chi connectivity index (χ0n) is 18.5. The van der Waals surface area contributed by atoms with Gasteiger partial charge in [0.1, 0.15) is 11.5 Å². The Bertz CT molecular complexity index is 1280. The number of carbonyl (C=O) groups excluding carboxylic acids is 1. The lowest BCUT2D eigenvalue weighted by molar-refractivity contribution is 0.102. The molecule has 9 heteroatoms. The average Bonchev–Trinajstić information content (AvgIpc) is 3.43. The van der Waals surface area contributed by atoms with Gasteiger partial charge in [-0.05, 0) is 44.0 Å². The molecule has 1 aliphatic carbocycles. The zero-order chi connectivity index (χ0) is 22.9. The average molecular weight is 445 g/mol. The van der Waals surface area contributed by atoms with Crippen LogP contribution in [0.15, 0.2) is 53.2 Å². The fourth-order valence-corrected chi connectivity index (χ4v) is 3.51. The minimum Gasteiger partial charge on any atom is -0.497 e. The van der Waals surface area contributed by atoms with Gasteiger partial charge in [-0.25, -0.2) is 4.68 Å². The number of methoxy groups -OCH3 is 2. The number of amides is 1. The summed E-state index contributed by atoms with van der Waals surface area (Å²) < 4.78 is 17.5. The minimum absolute atomic E-state index is 0.273. The summed E-state index contributed by atoms with van der Waals surface area (Å²) in [5, 5.41) is 11.5. The van der Waals surface area contributed by atoms with Crippen LogP contribution in [-0.4, -0.2) is 40.0 Å². The number of ether oxygens (including phenoxy) is 2. The largest absolute Gasteiger partial charge is 0.497 e. The first-order valence-electron chi connectivity index (χ1n) is 10.6. The summed E-state index contributed by atoms with van der Waals surface area (Å²) in [4.78, 5) is 17.4. The molecule has 1 fully saturated rings. The standard InChI is InChI=1S/C24H23N5O4/c1-14-21(23(30)25-17-10-19(31-2)12-20(11-17)32-3)13-29(27-14)18-8-6-15(7-9-18)22-26-24(33-28-22)16-4-5-16/h6-13,16H,4-5H2,1-3H3,(H,25,30). The topological polar surface area (TPSA) is 104 Å². The van der Waals surface area contributed by atoms with Crippen LogP contribution in [0.1, 0.15) is 40.7 Å². The van der Waals surface area contributed by atoms with Gasteiger partial charge in [-0.15, -0.1) is 0 Å². The van der Waals surface area contributed by atoms with E-state index in [1.807, 2.05) is 24.3 Å². The van der Waals surface area contributed by atoms with Crippen LogP contribution in [0.5, 0.6) is 11.5 Å². The molecule has 2 heterocycles. The molecule has 0 radical (unpaired) electrons. The number of carbonyl (C=O) groups is 1. The van der Waals surface area contributed by atoms with Crippen molar-refractivity contribution in [3.05, 3.63) is 65.8 Å². The van der Waals surface area contributed by atoms with Crippen LogP contribution in [0.3, 0.4) is 0 Å². The molecular formula is C24H23N5O4. The molecule has 2 aromatic heterocycles. The maximum absolute atomic E-state index is 12.9. The van der Waals surface area contributed by atoms with Crippen LogP contribution in [0.25, 0.3) is 17.1 Å². The predicted molar refractivity (Wildman–Crippen MR) is 121 cm³/mol. The molecule has 168 valence electrons. The first kappa shape index (κ1) is 20.7. The summed E-state index contributed by atoms with van der Waals surface area (Å²) in [7, 11) is 3.12. The molecule has 1 amide bonds. The summed E-state index contributed by atoms with van der Waals surface area (Å²) in [6, 6.07) is 12.8. The summed E-state index contributed by atoms with van der Waals surface area (Å²) in [5.74, 6) is 2.60. The fourth-order valence-electron chi connectivity index (χ4n) is 3.51. The van der Waals surface area contributed by atoms with Crippen molar-refractivity contribution in [1.82, 2.24) is 19.9 Å². The van der Waals surface area contributed by atoms with Gasteiger partial charge in [0.2, 0.25) is 11.7 Å². The highest BCUT2D eigenvalue weighted by atomic mass is 16.5. The van der Waals surface area contributed by atoms with Crippen molar-refractivity contribution in [2.45, 2.75) is 25.7 Å². The number of rotatable bonds is 7. The quantitative estimate of drug-likeness (QED) is 0.450. The Balaban J connectivity index is 1.34. The van der Waals surface area contributed by atoms with Crippen molar-refractivity contribution in [2.24, 2.45) is 0 Å². The number of nitrogens with zero attached hydrogens (tertiary/aromatic N) is 4. The second-order valence-electron chi connectivity index (χ2n) is 7.91. The molecule has 0 bridgehead atoms. The smallest absolute Gasteiger partial charge is 0.259 e. The molecule has 1 aliphatic rings. The molecule has 0 saturated heterocycles. The summed E-state index contributed by atoms with van der Waals surface area (Å²) >= 11 is 0. The molecule has 1 N–H and O–H groups in total. The number of nitrogens with one attached hydrogen (secondary N) is 1. The van der Waals surface area contributed by atoms with Crippen molar-refractivity contribution in [2.75, 3.05) is 19.5 Å². The molecule has 1 saturated carbocycles. The summed E-state index contributed by atoms with van der Waals surface area (Å²) in [6.07, 6.45) is 3.93. The zero-order valence-corrected chi connectivity index (χ0v) is 18.5. The number of hydrogen-bond acceptors (Lipinski definition) is 7. The SMILES string of the molecule is COc1cc(NC(=O)c2cn(-c3ccc(-c4noc(C5CC5)n4)cc3)nc2C)cc(OC)c1. The number of anilines is 1. The molecule has 2 aromatic carbocycles. The molecule has 0 unspecified atom stereocenters. The Hall–Kier alpha value is -4.14. The van der Waals surface area contributed by atoms with Crippen LogP contribution in [0.2, 0.25) is 0 Å². The Morgan fingerprint density at radius 1 is 1.09 bits per heavy atom. The van der Waals surface area contributed by atoms with E-state index in [-0.39, 0.29) is 5.91 Å². The Morgan fingerprint density at radius 3 is 2.42 bits per heavy atom. The predicted octanol–water partition coefficient (Wildman–Crippen LogP) is 4.38. The third-order valence-corrected chi connectivity index (χ3v) is 5.51. The third kappa shape index (κ3) is 4.30. The van der Waals surface area contributed by atoms with Crippen LogP contribution in [0.4, 0.5) is 5.69 Å². The van der Waals surface area contributed by atoms with E-state index in [0.717, 1.165) is 24.1 Å². The van der Waals surface area contributed by atoms with E-state index >= 15 is 0 Å². The highest BCUT2D eigenvalue weighted by molar-refractivity contribution is 6.05. The van der Waals surface area contributed by atoms with Gasteiger partial charge in [0, 0.05) is 41.6 Å². The maximum Gasteiger partial charge on any atom is 0.259 e. The molecule has 0 aliphatic heterocycles. The monoisotopic (exact) mass is 445 g/mol. The van der Waals surface area contributed by atoms with Gasteiger partial charge in [0.25, 0.3) is 5.91 Å². The Morgan fingerprint density at radius 2 is 1.79 bits per heavy atom. The minimum atomic E-state index is -0.273. The van der Waals surface area contributed by atoms with Gasteiger partial charge < -0.3 is 19.3 Å². The van der Waals surface area contributed by atoms with Gasteiger partial charge >= 0.3 is 0 Å². The van der Waals surface area contributed by atoms with E-state index in [4.69, 9.17) is 14.0 Å². The maximum atomic E-state index is 12.9. The number of aromatic nitrogens is 4. The summed E-state index contributed by atoms with van der Waals surface area (Å²) in [6.45, 7) is 1.80. The van der Waals surface area contributed by atoms with Crippen molar-refractivity contribution >= 4 is 11.6 Å². The van der Waals surface area contributed by atoms with E-state index in [9.17, 15) is 4.79 Å². The van der Waals surface area contributed by atoms with E-state index in [1.54, 1.807) is 50.2 Å². The highest BCUT2D eigenvalue weighted by Crippen LogP contribution is 2.39. The fraction of sp³-hybridized carbons (Fsp3) is 0.250. The van der Waals surface area contributed by atoms with Crippen LogP contribution in [0, 0.1) is 6.92 Å². The van der Waals surface area contributed by atoms with Crippen molar-refractivity contribution in [3.8, 4) is 28.6 Å². The number of hydrogen-bond donors (Lipinski definition) is 1. The third-order valence-electron chi connectivity index (χ3n) is 5.51. The molecule has 9 nitrogen and oxygen atoms in total. The molecule has 0 atom stereocenters. The second kappa shape index (κ2) is 8.42. The Kier molecular flexibility index (Phi) is 5.29. The molecule has 5 rings (SSSR count). The van der Waals surface area contributed by atoms with E-state index < -0.39 is 0 Å². The molecule has 0 spiro atoms. The van der Waals surface area contributed by atoms with Crippen molar-refractivity contribution in [1.29, 1.82) is 0 Å². The normalized spacial score (nSPS) is 13.1. The lowest BCUT2D eigenvalue weighted by Crippen LogP contribution is -2.12. The van der Waals surface area contributed by atoms with Crippen LogP contribution >= 0.6 is 0 Å². The van der Waals surface area contributed by atoms with Crippen LogP contribution in [-0.2, 0) is 0 Å². The van der Waals surface area contributed by atoms with Gasteiger partial charge in [0.15, 0.2) is 0 Å². The number of benzene rings is 2. The van der Waals surface area contributed by atoms with Gasteiger partial charge in [0.05, 0.1) is 31.2 Å². The molecular weight excluding hydrogens is 422 g/mol. The molecule has 4 aromatic rings. The van der Waals surface area contributed by atoms with Crippen LogP contribution < -0.4 is 14.8 Å². The van der Waals surface area contributed by atoms with Gasteiger partial charge in [-0.1, -0.05) is 5.16 Å². The lowest BCUT2D eigenvalue weighted by Gasteiger charge is -2.09. The number of aryl methyl sites for hydroxylation is 1.